The van der Waals surface area contributed by atoms with E-state index in [0.29, 0.717) is 45.7 Å². The van der Waals surface area contributed by atoms with Crippen molar-refractivity contribution in [3.05, 3.63) is 0 Å². The number of carbonyl (C=O) groups excluding carboxylic acids is 3. The van der Waals surface area contributed by atoms with E-state index in [1.165, 1.54) is 0 Å². The van der Waals surface area contributed by atoms with Crippen LogP contribution in [-0.4, -0.2) is 108 Å². The fraction of sp³-hybridized carbons (Fsp3) is 0.870. The van der Waals surface area contributed by atoms with Crippen LogP contribution >= 0.6 is 11.8 Å². The minimum atomic E-state index is -0.558. The molecule has 3 N–H and O–H groups in total. The lowest BCUT2D eigenvalue weighted by Gasteiger charge is -2.34. The zero-order chi connectivity index (χ0) is 23.4. The number of hydrogen-bond donors (Lipinski definition) is 3. The number of ether oxygens (including phenoxy) is 1. The number of carbonyl (C=O) groups is 3. The van der Waals surface area contributed by atoms with Gasteiger partial charge in [0.25, 0.3) is 0 Å². The molecule has 3 amide bonds. The van der Waals surface area contributed by atoms with Crippen LogP contribution in [-0.2, 0) is 19.1 Å². The number of morpholine rings is 1. The quantitative estimate of drug-likeness (QED) is 0.351. The first kappa shape index (κ1) is 24.8. The van der Waals surface area contributed by atoms with E-state index < -0.39 is 16.7 Å². The second-order valence-corrected chi connectivity index (χ2v) is 11.2. The number of thioether (sulfide) groups is 1. The Kier molecular flexibility index (Phi) is 8.19. The summed E-state index contributed by atoms with van der Waals surface area (Å²) in [6.45, 7) is 7.57. The number of unbranched alkanes of at least 4 members (excludes halogenated alkanes) is 1. The minimum absolute atomic E-state index is 0.0436. The number of amides is 3. The number of rotatable bonds is 11. The van der Waals surface area contributed by atoms with Crippen molar-refractivity contribution in [1.82, 2.24) is 20.4 Å². The van der Waals surface area contributed by atoms with Gasteiger partial charge >= 0.3 is 0 Å². The first-order valence-corrected chi connectivity index (χ1v) is 13.4. The minimum Gasteiger partial charge on any atom is -0.396 e. The van der Waals surface area contributed by atoms with Gasteiger partial charge in [-0.3, -0.25) is 19.3 Å². The highest BCUT2D eigenvalue weighted by atomic mass is 32.2. The molecule has 2 bridgehead atoms. The number of aliphatic hydroxyl groups is 1. The molecule has 0 saturated carbocycles. The molecule has 4 aliphatic heterocycles. The van der Waals surface area contributed by atoms with Gasteiger partial charge in [-0.05, 0) is 32.1 Å². The van der Waals surface area contributed by atoms with Crippen LogP contribution < -0.4 is 10.6 Å². The number of nitrogens with one attached hydrogen (secondary N) is 2. The van der Waals surface area contributed by atoms with E-state index in [1.807, 2.05) is 6.92 Å². The third-order valence-electron chi connectivity index (χ3n) is 7.54. The second kappa shape index (κ2) is 10.9. The van der Waals surface area contributed by atoms with E-state index in [-0.39, 0.29) is 35.5 Å². The SMILES string of the molecule is CCCNC(=O)[C@@H]1[C@@H]2CCC3(S2)C(C(=O)NCCN2CCOCC2)N(CCCCO)C(=O)[C@H]13. The van der Waals surface area contributed by atoms with Gasteiger partial charge in [0, 0.05) is 51.1 Å². The number of aliphatic hydroxyl groups excluding tert-OH is 1. The molecule has 4 saturated heterocycles. The number of fused-ring (bicyclic) bond motifs is 1. The van der Waals surface area contributed by atoms with Gasteiger partial charge in [-0.2, -0.15) is 0 Å². The highest BCUT2D eigenvalue weighted by Crippen LogP contribution is 2.66. The maximum atomic E-state index is 13.7. The second-order valence-electron chi connectivity index (χ2n) is 9.55. The summed E-state index contributed by atoms with van der Waals surface area (Å²) in [5, 5.41) is 15.4. The van der Waals surface area contributed by atoms with E-state index in [9.17, 15) is 19.5 Å². The Morgan fingerprint density at radius 1 is 1.15 bits per heavy atom. The molecule has 4 heterocycles. The van der Waals surface area contributed by atoms with E-state index in [2.05, 4.69) is 15.5 Å². The summed E-state index contributed by atoms with van der Waals surface area (Å²) in [5.41, 5.74) is 0. The van der Waals surface area contributed by atoms with Gasteiger partial charge in [-0.15, -0.1) is 11.8 Å². The van der Waals surface area contributed by atoms with Crippen molar-refractivity contribution in [1.29, 1.82) is 0 Å². The first-order valence-electron chi connectivity index (χ1n) is 12.5. The van der Waals surface area contributed by atoms with Crippen LogP contribution in [0.25, 0.3) is 0 Å². The summed E-state index contributed by atoms with van der Waals surface area (Å²) >= 11 is 1.70. The normalized spacial score (nSPS) is 33.4. The number of likely N-dealkylation sites (tertiary alicyclic amines) is 1. The van der Waals surface area contributed by atoms with Gasteiger partial charge in [-0.25, -0.2) is 0 Å². The highest BCUT2D eigenvalue weighted by molar-refractivity contribution is 8.02. The Balaban J connectivity index is 1.50. The maximum Gasteiger partial charge on any atom is 0.244 e. The topological polar surface area (TPSA) is 111 Å². The lowest BCUT2D eigenvalue weighted by Crippen LogP contribution is -2.54. The van der Waals surface area contributed by atoms with Gasteiger partial charge < -0.3 is 25.4 Å². The van der Waals surface area contributed by atoms with Gasteiger partial charge in [0.1, 0.15) is 6.04 Å². The van der Waals surface area contributed by atoms with Crippen LogP contribution in [0, 0.1) is 11.8 Å². The average molecular weight is 483 g/mol. The van der Waals surface area contributed by atoms with Crippen LogP contribution in [0.3, 0.4) is 0 Å². The van der Waals surface area contributed by atoms with Crippen LogP contribution in [0.15, 0.2) is 0 Å². The average Bonchev–Trinajstić information content (AvgIpc) is 3.46. The van der Waals surface area contributed by atoms with Crippen molar-refractivity contribution in [2.75, 3.05) is 59.1 Å². The summed E-state index contributed by atoms with van der Waals surface area (Å²) in [6, 6.07) is -0.558. The molecule has 2 unspecified atom stereocenters. The zero-order valence-electron chi connectivity index (χ0n) is 19.6. The Morgan fingerprint density at radius 3 is 2.64 bits per heavy atom. The molecule has 0 aromatic heterocycles. The van der Waals surface area contributed by atoms with Gasteiger partial charge in [0.2, 0.25) is 17.7 Å². The molecule has 5 atom stereocenters. The van der Waals surface area contributed by atoms with Gasteiger partial charge in [0.05, 0.1) is 29.8 Å². The monoisotopic (exact) mass is 482 g/mol. The van der Waals surface area contributed by atoms with Crippen molar-refractivity contribution in [2.24, 2.45) is 11.8 Å². The summed E-state index contributed by atoms with van der Waals surface area (Å²) in [6.07, 6.45) is 3.73. The molecule has 10 heteroatoms. The largest absolute Gasteiger partial charge is 0.396 e. The molecule has 1 spiro atoms. The Morgan fingerprint density at radius 2 is 1.91 bits per heavy atom. The fourth-order valence-corrected chi connectivity index (χ4v) is 8.23. The van der Waals surface area contributed by atoms with Crippen LogP contribution in [0.1, 0.15) is 39.0 Å². The van der Waals surface area contributed by atoms with Crippen molar-refractivity contribution >= 4 is 29.5 Å². The summed E-state index contributed by atoms with van der Waals surface area (Å²) in [5.74, 6) is -1.02. The summed E-state index contributed by atoms with van der Waals surface area (Å²) in [7, 11) is 0. The third kappa shape index (κ3) is 4.76. The molecule has 0 radical (unpaired) electrons. The molecule has 0 aromatic rings. The number of hydrogen-bond acceptors (Lipinski definition) is 7. The van der Waals surface area contributed by atoms with E-state index in [0.717, 1.165) is 38.9 Å². The van der Waals surface area contributed by atoms with Gasteiger partial charge in [-0.1, -0.05) is 6.92 Å². The molecule has 9 nitrogen and oxygen atoms in total. The molecule has 4 aliphatic rings. The Bertz CT molecular complexity index is 734. The molecule has 0 aliphatic carbocycles. The predicted octanol–water partition coefficient (Wildman–Crippen LogP) is -0.175. The molecule has 4 fully saturated rings. The zero-order valence-corrected chi connectivity index (χ0v) is 20.4. The van der Waals surface area contributed by atoms with E-state index >= 15 is 0 Å². The molecule has 33 heavy (non-hydrogen) atoms. The molecular weight excluding hydrogens is 444 g/mol. The van der Waals surface area contributed by atoms with Crippen LogP contribution in [0.4, 0.5) is 0 Å². The van der Waals surface area contributed by atoms with E-state index in [4.69, 9.17) is 4.74 Å². The van der Waals surface area contributed by atoms with Crippen molar-refractivity contribution in [3.8, 4) is 0 Å². The molecule has 186 valence electrons. The highest BCUT2D eigenvalue weighted by Gasteiger charge is 2.73. The van der Waals surface area contributed by atoms with Crippen molar-refractivity contribution in [2.45, 2.75) is 55.1 Å². The lowest BCUT2D eigenvalue weighted by atomic mass is 9.70. The smallest absolute Gasteiger partial charge is 0.244 e. The maximum absolute atomic E-state index is 13.7. The van der Waals surface area contributed by atoms with Crippen LogP contribution in [0.5, 0.6) is 0 Å². The summed E-state index contributed by atoms with van der Waals surface area (Å²) in [4.78, 5) is 44.2. The summed E-state index contributed by atoms with van der Waals surface area (Å²) < 4.78 is 4.86. The van der Waals surface area contributed by atoms with Crippen molar-refractivity contribution < 1.29 is 24.2 Å². The lowest BCUT2D eigenvalue weighted by molar-refractivity contribution is -0.140. The Labute approximate surface area is 200 Å². The molecule has 4 rings (SSSR count). The van der Waals surface area contributed by atoms with Crippen LogP contribution in [0.2, 0.25) is 0 Å². The standard InChI is InChI=1S/C23H38N4O5S/c1-2-7-24-20(29)17-16-5-6-23(33-16)18(17)22(31)27(9-3-4-13-28)19(23)21(30)25-8-10-26-11-14-32-15-12-26/h16-19,28H,2-15H2,1H3,(H,24,29)(H,25,30)/t16-,17+,18-,19?,23?/m0/s1. The fourth-order valence-electron chi connectivity index (χ4n) is 6.01. The van der Waals surface area contributed by atoms with E-state index in [1.54, 1.807) is 16.7 Å². The predicted molar refractivity (Wildman–Crippen MR) is 126 cm³/mol. The molecule has 0 aromatic carbocycles. The Hall–Kier alpha value is -1.36. The first-order chi connectivity index (χ1) is 16.0. The van der Waals surface area contributed by atoms with Crippen molar-refractivity contribution in [3.63, 3.8) is 0 Å². The van der Waals surface area contributed by atoms with Gasteiger partial charge in [0.15, 0.2) is 0 Å². The number of nitrogens with zero attached hydrogens (tertiary/aromatic N) is 2. The third-order valence-corrected chi connectivity index (χ3v) is 9.49. The molecular formula is C23H38N4O5S.